The molecule has 0 aliphatic heterocycles. The lowest BCUT2D eigenvalue weighted by Gasteiger charge is -2.10. The zero-order valence-corrected chi connectivity index (χ0v) is 18.3. The van der Waals surface area contributed by atoms with Gasteiger partial charge in [0.1, 0.15) is 10.7 Å². The first-order valence-electron chi connectivity index (χ1n) is 9.82. The fraction of sp³-hybridized carbons (Fsp3) is 0.130. The van der Waals surface area contributed by atoms with E-state index in [1.165, 1.54) is 52.6 Å². The van der Waals surface area contributed by atoms with E-state index >= 15 is 0 Å². The van der Waals surface area contributed by atoms with Crippen LogP contribution < -0.4 is 5.32 Å². The van der Waals surface area contributed by atoms with Crippen LogP contribution in [0.4, 0.5) is 17.6 Å². The quantitative estimate of drug-likeness (QED) is 0.391. The Kier molecular flexibility index (Phi) is 6.17. The number of benzene rings is 2. The second-order valence-corrected chi connectivity index (χ2v) is 8.10. The number of aromatic nitrogens is 3. The highest BCUT2D eigenvalue weighted by Crippen LogP contribution is 2.34. The van der Waals surface area contributed by atoms with E-state index in [0.29, 0.717) is 16.3 Å². The third-order valence-electron chi connectivity index (χ3n) is 5.02. The monoisotopic (exact) mass is 485 g/mol. The van der Waals surface area contributed by atoms with Gasteiger partial charge in [-0.05, 0) is 37.3 Å². The number of thiazole rings is 1. The molecule has 0 fully saturated rings. The van der Waals surface area contributed by atoms with Crippen LogP contribution in [0.3, 0.4) is 0 Å². The smallest absolute Gasteiger partial charge is 0.347 e. The minimum absolute atomic E-state index is 0.0297. The molecule has 0 saturated carbocycles. The number of alkyl halides is 3. The predicted octanol–water partition coefficient (Wildman–Crippen LogP) is 5.26. The van der Waals surface area contributed by atoms with Gasteiger partial charge in [-0.1, -0.05) is 12.1 Å². The van der Waals surface area contributed by atoms with Crippen molar-refractivity contribution in [1.82, 2.24) is 20.1 Å². The molecule has 0 radical (unpaired) electrons. The normalized spacial score (nSPS) is 11.3. The van der Waals surface area contributed by atoms with Gasteiger partial charge >= 0.3 is 6.18 Å². The number of nitriles is 1. The van der Waals surface area contributed by atoms with Crippen molar-refractivity contribution in [3.05, 3.63) is 87.3 Å². The van der Waals surface area contributed by atoms with Crippen molar-refractivity contribution >= 4 is 17.2 Å². The molecule has 0 unspecified atom stereocenters. The van der Waals surface area contributed by atoms with E-state index in [9.17, 15) is 22.4 Å². The molecule has 11 heteroatoms. The number of halogens is 4. The van der Waals surface area contributed by atoms with Gasteiger partial charge in [0.2, 0.25) is 0 Å². The summed E-state index contributed by atoms with van der Waals surface area (Å²) < 4.78 is 55.7. The number of nitrogens with zero attached hydrogens (tertiary/aromatic N) is 4. The van der Waals surface area contributed by atoms with Gasteiger partial charge in [0.25, 0.3) is 5.91 Å². The Morgan fingerprint density at radius 2 is 2.00 bits per heavy atom. The number of carbonyl (C=O) groups is 1. The highest BCUT2D eigenvalue weighted by Gasteiger charge is 2.34. The topological polar surface area (TPSA) is 83.6 Å². The Labute approximate surface area is 195 Å². The van der Waals surface area contributed by atoms with Gasteiger partial charge in [0.15, 0.2) is 0 Å². The van der Waals surface area contributed by atoms with E-state index in [-0.39, 0.29) is 29.3 Å². The number of aryl methyl sites for hydroxylation is 1. The van der Waals surface area contributed by atoms with Gasteiger partial charge in [0, 0.05) is 23.9 Å². The Bertz CT molecular complexity index is 1420. The van der Waals surface area contributed by atoms with Crippen molar-refractivity contribution in [1.29, 1.82) is 5.26 Å². The minimum atomic E-state index is -4.68. The van der Waals surface area contributed by atoms with Crippen LogP contribution in [0.15, 0.2) is 54.2 Å². The van der Waals surface area contributed by atoms with E-state index in [1.54, 1.807) is 18.5 Å². The van der Waals surface area contributed by atoms with E-state index in [2.05, 4.69) is 15.4 Å². The summed E-state index contributed by atoms with van der Waals surface area (Å²) in [5.74, 6) is -0.922. The van der Waals surface area contributed by atoms with E-state index in [1.807, 2.05) is 0 Å². The SMILES string of the molecule is Cc1ncsc1C(=O)NCc1ccc(-n2ccc(-c3ccc(C#N)c(C(F)(F)F)c3)n2)cc1F. The van der Waals surface area contributed by atoms with Gasteiger partial charge in [-0.3, -0.25) is 4.79 Å². The van der Waals surface area contributed by atoms with E-state index in [0.717, 1.165) is 12.1 Å². The molecule has 0 saturated heterocycles. The van der Waals surface area contributed by atoms with Gasteiger partial charge < -0.3 is 5.32 Å². The lowest BCUT2D eigenvalue weighted by Crippen LogP contribution is -2.23. The largest absolute Gasteiger partial charge is 0.417 e. The molecule has 1 N–H and O–H groups in total. The number of rotatable bonds is 5. The summed E-state index contributed by atoms with van der Waals surface area (Å²) in [6.45, 7) is 1.68. The molecule has 0 aliphatic carbocycles. The fourth-order valence-electron chi connectivity index (χ4n) is 3.26. The average Bonchev–Trinajstić information content (AvgIpc) is 3.46. The highest BCUT2D eigenvalue weighted by atomic mass is 32.1. The van der Waals surface area contributed by atoms with Crippen molar-refractivity contribution < 1.29 is 22.4 Å². The minimum Gasteiger partial charge on any atom is -0.347 e. The Morgan fingerprint density at radius 1 is 1.21 bits per heavy atom. The molecule has 6 nitrogen and oxygen atoms in total. The zero-order chi connectivity index (χ0) is 24.5. The molecule has 4 aromatic rings. The molecule has 0 bridgehead atoms. The molecule has 4 rings (SSSR count). The van der Waals surface area contributed by atoms with Crippen molar-refractivity contribution in [3.8, 4) is 23.0 Å². The van der Waals surface area contributed by atoms with Crippen LogP contribution in [0.5, 0.6) is 0 Å². The molecule has 2 aromatic carbocycles. The number of amides is 1. The van der Waals surface area contributed by atoms with Crippen LogP contribution in [-0.2, 0) is 12.7 Å². The second-order valence-electron chi connectivity index (χ2n) is 7.24. The summed E-state index contributed by atoms with van der Waals surface area (Å²) in [4.78, 5) is 16.7. The number of hydrogen-bond donors (Lipinski definition) is 1. The predicted molar refractivity (Wildman–Crippen MR) is 117 cm³/mol. The summed E-state index contributed by atoms with van der Waals surface area (Å²) in [7, 11) is 0. The summed E-state index contributed by atoms with van der Waals surface area (Å²) in [5.41, 5.74) is 1.63. The van der Waals surface area contributed by atoms with Crippen molar-refractivity contribution in [2.75, 3.05) is 0 Å². The first kappa shape index (κ1) is 23.1. The van der Waals surface area contributed by atoms with Crippen molar-refractivity contribution in [2.45, 2.75) is 19.6 Å². The molecule has 2 aromatic heterocycles. The Morgan fingerprint density at radius 3 is 2.65 bits per heavy atom. The maximum absolute atomic E-state index is 14.6. The number of nitrogens with one attached hydrogen (secondary N) is 1. The third-order valence-corrected chi connectivity index (χ3v) is 5.95. The van der Waals surface area contributed by atoms with Crippen LogP contribution in [0.25, 0.3) is 16.9 Å². The third kappa shape index (κ3) is 4.67. The fourth-order valence-corrected chi connectivity index (χ4v) is 3.97. The van der Waals surface area contributed by atoms with Crippen LogP contribution in [0, 0.1) is 24.1 Å². The van der Waals surface area contributed by atoms with E-state index in [4.69, 9.17) is 5.26 Å². The molecule has 0 spiro atoms. The maximum atomic E-state index is 14.6. The number of hydrogen-bond acceptors (Lipinski definition) is 5. The van der Waals surface area contributed by atoms with Crippen LogP contribution in [0.2, 0.25) is 0 Å². The number of carbonyl (C=O) groups excluding carboxylic acids is 1. The zero-order valence-electron chi connectivity index (χ0n) is 17.5. The molecule has 0 aliphatic rings. The van der Waals surface area contributed by atoms with Crippen molar-refractivity contribution in [2.24, 2.45) is 0 Å². The average molecular weight is 485 g/mol. The second kappa shape index (κ2) is 9.07. The van der Waals surface area contributed by atoms with Gasteiger partial charge in [0.05, 0.1) is 39.8 Å². The summed E-state index contributed by atoms with van der Waals surface area (Å²) in [5, 5.41) is 15.8. The van der Waals surface area contributed by atoms with Crippen LogP contribution >= 0.6 is 11.3 Å². The van der Waals surface area contributed by atoms with Gasteiger partial charge in [-0.25, -0.2) is 14.1 Å². The molecule has 2 heterocycles. The maximum Gasteiger partial charge on any atom is 0.417 e. The highest BCUT2D eigenvalue weighted by molar-refractivity contribution is 7.11. The summed E-state index contributed by atoms with van der Waals surface area (Å²) >= 11 is 1.19. The first-order chi connectivity index (χ1) is 16.2. The Balaban J connectivity index is 1.53. The summed E-state index contributed by atoms with van der Waals surface area (Å²) in [6.07, 6.45) is -3.19. The lowest BCUT2D eigenvalue weighted by molar-refractivity contribution is -0.137. The molecule has 34 heavy (non-hydrogen) atoms. The van der Waals surface area contributed by atoms with Crippen molar-refractivity contribution in [3.63, 3.8) is 0 Å². The van der Waals surface area contributed by atoms with Gasteiger partial charge in [-0.15, -0.1) is 11.3 Å². The Hall–Kier alpha value is -4.04. The molecular formula is C23H15F4N5OS. The molecule has 1 amide bonds. The molecule has 0 atom stereocenters. The van der Waals surface area contributed by atoms with Crippen LogP contribution in [0.1, 0.15) is 32.1 Å². The van der Waals surface area contributed by atoms with Gasteiger partial charge in [-0.2, -0.15) is 23.5 Å². The molecule has 172 valence electrons. The standard InChI is InChI=1S/C23H15F4N5OS/c1-13-21(34-12-30-13)22(33)29-11-16-4-5-17(9-19(16)24)32-7-6-20(31-32)14-2-3-15(10-28)18(8-14)23(25,26)27/h2-9,12H,11H2,1H3,(H,29,33). The first-order valence-corrected chi connectivity index (χ1v) is 10.7. The molecular weight excluding hydrogens is 470 g/mol. The lowest BCUT2D eigenvalue weighted by atomic mass is 10.0. The van der Waals surface area contributed by atoms with E-state index < -0.39 is 23.1 Å². The summed E-state index contributed by atoms with van der Waals surface area (Å²) in [6, 6.07) is 10.6. The van der Waals surface area contributed by atoms with Crippen LogP contribution in [-0.4, -0.2) is 20.7 Å².